The van der Waals surface area contributed by atoms with E-state index in [1.54, 1.807) is 11.8 Å². The molecule has 0 unspecified atom stereocenters. The molecule has 0 aromatic rings. The number of halogens is 1. The van der Waals surface area contributed by atoms with Crippen LogP contribution >= 0.6 is 23.4 Å². The van der Waals surface area contributed by atoms with Crippen LogP contribution in [0, 0.1) is 0 Å². The lowest BCUT2D eigenvalue weighted by Gasteiger charge is -1.76. The zero-order chi connectivity index (χ0) is 4.83. The topological polar surface area (TPSA) is 0 Å². The van der Waals surface area contributed by atoms with Gasteiger partial charge >= 0.3 is 0 Å². The summed E-state index contributed by atoms with van der Waals surface area (Å²) in [4.78, 5) is 0. The van der Waals surface area contributed by atoms with Crippen molar-refractivity contribution in [2.45, 2.75) is 0 Å². The van der Waals surface area contributed by atoms with E-state index in [4.69, 9.17) is 11.6 Å². The first-order chi connectivity index (χ1) is 2.91. The van der Waals surface area contributed by atoms with E-state index in [0.29, 0.717) is 0 Å². The van der Waals surface area contributed by atoms with Crippen LogP contribution in [-0.2, 0) is 0 Å². The Morgan fingerprint density at radius 2 is 2.50 bits per heavy atom. The average Bonchev–Trinajstić information content (AvgIpc) is 1.61. The SMILES string of the molecule is CSC/C=C\Cl. The largest absolute Gasteiger partial charge is 0.161 e. The molecule has 0 spiro atoms. The fourth-order valence-corrected chi connectivity index (χ4v) is 0.616. The fourth-order valence-electron chi connectivity index (χ4n) is 0.133. The van der Waals surface area contributed by atoms with Gasteiger partial charge in [-0.05, 0) is 6.26 Å². The fraction of sp³-hybridized carbons (Fsp3) is 0.500. The maximum atomic E-state index is 5.19. The third-order valence-electron chi connectivity index (χ3n) is 0.352. The predicted octanol–water partition coefficient (Wildman–Crippen LogP) is 2.10. The highest BCUT2D eigenvalue weighted by Gasteiger charge is 1.65. The average molecular weight is 123 g/mol. The third-order valence-corrected chi connectivity index (χ3v) is 1.06. The summed E-state index contributed by atoms with van der Waals surface area (Å²) >= 11 is 6.94. The number of thioether (sulfide) groups is 1. The maximum absolute atomic E-state index is 5.19. The molecule has 0 bridgehead atoms. The van der Waals surface area contributed by atoms with Crippen molar-refractivity contribution < 1.29 is 0 Å². The van der Waals surface area contributed by atoms with Gasteiger partial charge in [-0.2, -0.15) is 11.8 Å². The van der Waals surface area contributed by atoms with Crippen LogP contribution in [0.4, 0.5) is 0 Å². The molecule has 0 amide bonds. The molecule has 0 heterocycles. The van der Waals surface area contributed by atoms with Crippen LogP contribution in [0.2, 0.25) is 0 Å². The van der Waals surface area contributed by atoms with E-state index in [-0.39, 0.29) is 0 Å². The van der Waals surface area contributed by atoms with Gasteiger partial charge in [0.15, 0.2) is 0 Å². The molecular formula is C4H7ClS. The molecule has 0 radical (unpaired) electrons. The van der Waals surface area contributed by atoms with E-state index in [2.05, 4.69) is 0 Å². The van der Waals surface area contributed by atoms with Gasteiger partial charge in [0.1, 0.15) is 0 Å². The summed E-state index contributed by atoms with van der Waals surface area (Å²) in [6.07, 6.45) is 3.95. The van der Waals surface area contributed by atoms with Crippen LogP contribution in [0.3, 0.4) is 0 Å². The van der Waals surface area contributed by atoms with Crippen molar-refractivity contribution in [2.24, 2.45) is 0 Å². The zero-order valence-electron chi connectivity index (χ0n) is 3.65. The Morgan fingerprint density at radius 1 is 1.83 bits per heavy atom. The van der Waals surface area contributed by atoms with Gasteiger partial charge in [-0.25, -0.2) is 0 Å². The van der Waals surface area contributed by atoms with Crippen molar-refractivity contribution in [1.29, 1.82) is 0 Å². The second-order valence-electron chi connectivity index (χ2n) is 0.817. The summed E-state index contributed by atoms with van der Waals surface area (Å²) in [7, 11) is 0. The number of rotatable bonds is 2. The lowest BCUT2D eigenvalue weighted by Crippen LogP contribution is -1.59. The van der Waals surface area contributed by atoms with Gasteiger partial charge < -0.3 is 0 Å². The van der Waals surface area contributed by atoms with Gasteiger partial charge in [0.05, 0.1) is 0 Å². The van der Waals surface area contributed by atoms with E-state index in [9.17, 15) is 0 Å². The Morgan fingerprint density at radius 3 is 2.67 bits per heavy atom. The van der Waals surface area contributed by atoms with Crippen molar-refractivity contribution in [3.05, 3.63) is 11.6 Å². The van der Waals surface area contributed by atoms with Crippen molar-refractivity contribution in [2.75, 3.05) is 12.0 Å². The third kappa shape index (κ3) is 4.38. The van der Waals surface area contributed by atoms with E-state index < -0.39 is 0 Å². The second kappa shape index (κ2) is 5.38. The van der Waals surface area contributed by atoms with E-state index >= 15 is 0 Å². The monoisotopic (exact) mass is 122 g/mol. The molecule has 6 heavy (non-hydrogen) atoms. The smallest absolute Gasteiger partial charge is 0.0122 e. The lowest BCUT2D eigenvalue weighted by molar-refractivity contribution is 1.81. The normalized spacial score (nSPS) is 10.3. The first-order valence-electron chi connectivity index (χ1n) is 1.66. The highest BCUT2D eigenvalue weighted by atomic mass is 35.5. The molecule has 0 atom stereocenters. The van der Waals surface area contributed by atoms with Gasteiger partial charge in [-0.1, -0.05) is 17.7 Å². The Hall–Kier alpha value is 0.380. The standard InChI is InChI=1S/C4H7ClS/c1-6-4-2-3-5/h2-3H,4H2,1H3/b3-2-. The molecule has 0 aliphatic rings. The van der Waals surface area contributed by atoms with Crippen LogP contribution in [0.1, 0.15) is 0 Å². The molecule has 0 fully saturated rings. The summed E-state index contributed by atoms with van der Waals surface area (Å²) in [5.41, 5.74) is 1.54. The second-order valence-corrected chi connectivity index (χ2v) is 1.98. The summed E-state index contributed by atoms with van der Waals surface area (Å²) < 4.78 is 0. The minimum atomic E-state index is 1.02. The highest BCUT2D eigenvalue weighted by molar-refractivity contribution is 7.98. The minimum Gasteiger partial charge on any atom is -0.161 e. The molecule has 0 nitrogen and oxygen atoms in total. The van der Waals surface area contributed by atoms with Crippen molar-refractivity contribution in [3.8, 4) is 0 Å². The Kier molecular flexibility index (Phi) is 5.72. The Labute approximate surface area is 47.6 Å². The Bertz CT molecular complexity index is 42.8. The van der Waals surface area contributed by atoms with E-state index in [1.165, 1.54) is 5.54 Å². The summed E-state index contributed by atoms with van der Waals surface area (Å²) in [6, 6.07) is 0. The molecule has 0 saturated heterocycles. The first-order valence-corrected chi connectivity index (χ1v) is 3.49. The van der Waals surface area contributed by atoms with Crippen molar-refractivity contribution in [1.82, 2.24) is 0 Å². The zero-order valence-corrected chi connectivity index (χ0v) is 5.22. The molecule has 2 heteroatoms. The molecule has 0 aromatic carbocycles. The van der Waals surface area contributed by atoms with Gasteiger partial charge in [-0.3, -0.25) is 0 Å². The van der Waals surface area contributed by atoms with Crippen LogP contribution < -0.4 is 0 Å². The summed E-state index contributed by atoms with van der Waals surface area (Å²) in [6.45, 7) is 0. The molecule has 0 saturated carbocycles. The van der Waals surface area contributed by atoms with E-state index in [0.717, 1.165) is 5.75 Å². The molecule has 0 rings (SSSR count). The quantitative estimate of drug-likeness (QED) is 0.541. The molecule has 0 aliphatic heterocycles. The first kappa shape index (κ1) is 6.38. The van der Waals surface area contributed by atoms with Crippen molar-refractivity contribution in [3.63, 3.8) is 0 Å². The van der Waals surface area contributed by atoms with Crippen LogP contribution in [0.15, 0.2) is 11.6 Å². The van der Waals surface area contributed by atoms with Gasteiger partial charge in [0.2, 0.25) is 0 Å². The van der Waals surface area contributed by atoms with Crippen LogP contribution in [-0.4, -0.2) is 12.0 Å². The maximum Gasteiger partial charge on any atom is 0.0122 e. The molecule has 0 N–H and O–H groups in total. The van der Waals surface area contributed by atoms with Gasteiger partial charge in [0.25, 0.3) is 0 Å². The number of hydrogen-bond acceptors (Lipinski definition) is 1. The number of hydrogen-bond donors (Lipinski definition) is 0. The van der Waals surface area contributed by atoms with Gasteiger partial charge in [-0.15, -0.1) is 0 Å². The predicted molar refractivity (Wildman–Crippen MR) is 33.4 cm³/mol. The van der Waals surface area contributed by atoms with Crippen molar-refractivity contribution >= 4 is 23.4 Å². The summed E-state index contributed by atoms with van der Waals surface area (Å²) in [5, 5.41) is 0. The Balaban J connectivity index is 2.66. The minimum absolute atomic E-state index is 1.02. The van der Waals surface area contributed by atoms with E-state index in [1.807, 2.05) is 12.3 Å². The molecule has 0 aromatic heterocycles. The highest BCUT2D eigenvalue weighted by Crippen LogP contribution is 1.91. The molecule has 36 valence electrons. The van der Waals surface area contributed by atoms with Gasteiger partial charge in [0, 0.05) is 11.3 Å². The summed E-state index contributed by atoms with van der Waals surface area (Å²) in [5.74, 6) is 1.02. The molecule has 0 aliphatic carbocycles. The van der Waals surface area contributed by atoms with Crippen LogP contribution in [0.25, 0.3) is 0 Å². The van der Waals surface area contributed by atoms with Crippen LogP contribution in [0.5, 0.6) is 0 Å². The molecular weight excluding hydrogens is 116 g/mol. The lowest BCUT2D eigenvalue weighted by atomic mass is 10.8.